The van der Waals surface area contributed by atoms with E-state index in [0.29, 0.717) is 12.0 Å². The number of benzene rings is 2. The predicted octanol–water partition coefficient (Wildman–Crippen LogP) is -1.52. The van der Waals surface area contributed by atoms with E-state index in [2.05, 4.69) is 51.5 Å². The highest BCUT2D eigenvalue weighted by molar-refractivity contribution is 5.97. The van der Waals surface area contributed by atoms with Crippen LogP contribution < -0.4 is 66.7 Å². The van der Waals surface area contributed by atoms with Crippen molar-refractivity contribution in [3.05, 3.63) is 72.1 Å². The summed E-state index contributed by atoms with van der Waals surface area (Å²) in [6.07, 6.45) is 4.53. The first kappa shape index (κ1) is 54.7. The van der Waals surface area contributed by atoms with Crippen molar-refractivity contribution in [1.29, 1.82) is 0 Å². The van der Waals surface area contributed by atoms with E-state index in [4.69, 9.17) is 40.1 Å². The van der Waals surface area contributed by atoms with Crippen LogP contribution in [0.4, 0.5) is 0 Å². The van der Waals surface area contributed by atoms with Crippen molar-refractivity contribution in [2.24, 2.45) is 61.0 Å². The third-order valence-corrected chi connectivity index (χ3v) is 11.7. The van der Waals surface area contributed by atoms with Gasteiger partial charge in [0.05, 0.1) is 6.04 Å². The summed E-state index contributed by atoms with van der Waals surface area (Å²) in [7, 11) is 0. The topological polar surface area (TPSA) is 434 Å². The fraction of sp³-hybridized carbons (Fsp3) is 0.457. The van der Waals surface area contributed by atoms with Gasteiger partial charge in [0.1, 0.15) is 30.2 Å². The highest BCUT2D eigenvalue weighted by Gasteiger charge is 2.35. The standard InChI is InChI=1S/C46H69N17O7/c1-3-25(2)37(63-38(64)30(47)21-26-23-57-31-13-6-4-11-28(26)31)42(68)62-36(22-27-24-58-32-14-7-5-12-29(27)32)41(67)60-33(15-8-18-54-44(48)49)39(65)59-34(16-9-19-55-45(50)51)40(66)61-35(43(69)70)17-10-20-56-46(52)53/h4-7,11-14,23-25,30,33-37,57-58H,3,8-10,15-22,47H2,1-2H3,(H,59,65)(H,60,67)(H,61,66)(H,62,68)(H,63,64)(H,69,70)(H4,48,49,54)(H4,50,51,55)(H4,52,53,56)/t25-,30-,33-,34-,35-,36-,37-/m0/s1. The number of hydrogen-bond acceptors (Lipinski definition) is 10. The Morgan fingerprint density at radius 1 is 0.557 bits per heavy atom. The number of carbonyl (C=O) groups is 6. The molecule has 7 atom stereocenters. The van der Waals surface area contributed by atoms with Crippen LogP contribution in [0.15, 0.2) is 75.9 Å². The van der Waals surface area contributed by atoms with Gasteiger partial charge in [-0.1, -0.05) is 56.7 Å². The molecule has 0 saturated carbocycles. The summed E-state index contributed by atoms with van der Waals surface area (Å²) in [5.74, 6) is -5.97. The van der Waals surface area contributed by atoms with E-state index in [1.54, 1.807) is 19.3 Å². The highest BCUT2D eigenvalue weighted by atomic mass is 16.4. The molecule has 70 heavy (non-hydrogen) atoms. The Kier molecular flexibility index (Phi) is 21.3. The number of carbonyl (C=O) groups excluding carboxylic acids is 5. The van der Waals surface area contributed by atoms with Crippen LogP contribution in [-0.2, 0) is 41.6 Å². The minimum Gasteiger partial charge on any atom is -0.480 e. The molecule has 5 amide bonds. The van der Waals surface area contributed by atoms with Gasteiger partial charge in [-0.2, -0.15) is 0 Å². The number of nitrogens with two attached hydrogens (primary N) is 7. The average Bonchev–Trinajstić information content (AvgIpc) is 3.93. The van der Waals surface area contributed by atoms with Crippen LogP contribution in [0.5, 0.6) is 0 Å². The van der Waals surface area contributed by atoms with Crippen LogP contribution >= 0.6 is 0 Å². The number of nitrogens with one attached hydrogen (secondary N) is 7. The molecule has 24 heteroatoms. The van der Waals surface area contributed by atoms with Crippen LogP contribution in [0.2, 0.25) is 0 Å². The number of amides is 5. The molecule has 0 unspecified atom stereocenters. The van der Waals surface area contributed by atoms with Crippen molar-refractivity contribution in [1.82, 2.24) is 36.6 Å². The Balaban J connectivity index is 1.62. The molecule has 0 spiro atoms. The van der Waals surface area contributed by atoms with Gasteiger partial charge in [0.2, 0.25) is 29.5 Å². The first-order valence-electron chi connectivity index (χ1n) is 23.1. The number of para-hydroxylation sites is 2. The molecule has 4 rings (SSSR count). The van der Waals surface area contributed by atoms with E-state index in [1.807, 2.05) is 55.5 Å². The van der Waals surface area contributed by atoms with E-state index in [0.717, 1.165) is 27.4 Å². The molecule has 0 bridgehead atoms. The third-order valence-electron chi connectivity index (χ3n) is 11.7. The lowest BCUT2D eigenvalue weighted by atomic mass is 9.96. The van der Waals surface area contributed by atoms with Crippen molar-refractivity contribution in [3.63, 3.8) is 0 Å². The molecule has 380 valence electrons. The monoisotopic (exact) mass is 972 g/mol. The van der Waals surface area contributed by atoms with Gasteiger partial charge in [0.15, 0.2) is 17.9 Å². The van der Waals surface area contributed by atoms with Gasteiger partial charge in [0, 0.05) is 60.3 Å². The number of rotatable bonds is 29. The maximum absolute atomic E-state index is 14.7. The summed E-state index contributed by atoms with van der Waals surface area (Å²) in [5.41, 5.74) is 42.4. The number of aromatic amines is 2. The molecular formula is C46H69N17O7. The maximum atomic E-state index is 14.7. The van der Waals surface area contributed by atoms with E-state index in [9.17, 15) is 33.9 Å². The zero-order valence-corrected chi connectivity index (χ0v) is 39.6. The van der Waals surface area contributed by atoms with Crippen LogP contribution in [0.3, 0.4) is 0 Å². The minimum absolute atomic E-state index is 0.0427. The molecule has 22 N–H and O–H groups in total. The summed E-state index contributed by atoms with van der Waals surface area (Å²) in [6, 6.07) is 7.46. The van der Waals surface area contributed by atoms with Gasteiger partial charge in [-0.05, 0) is 74.1 Å². The largest absolute Gasteiger partial charge is 0.480 e. The molecule has 2 heterocycles. The second-order valence-electron chi connectivity index (χ2n) is 17.0. The summed E-state index contributed by atoms with van der Waals surface area (Å²) >= 11 is 0. The van der Waals surface area contributed by atoms with Crippen LogP contribution in [0.1, 0.15) is 69.9 Å². The second-order valence-corrected chi connectivity index (χ2v) is 17.0. The van der Waals surface area contributed by atoms with Crippen molar-refractivity contribution < 1.29 is 33.9 Å². The van der Waals surface area contributed by atoms with Crippen LogP contribution in [-0.4, -0.2) is 124 Å². The number of hydrogen-bond donors (Lipinski definition) is 15. The van der Waals surface area contributed by atoms with Gasteiger partial charge >= 0.3 is 5.97 Å². The Morgan fingerprint density at radius 3 is 1.40 bits per heavy atom. The first-order chi connectivity index (χ1) is 33.4. The first-order valence-corrected chi connectivity index (χ1v) is 23.1. The second kappa shape index (κ2) is 27.2. The summed E-state index contributed by atoms with van der Waals surface area (Å²) in [4.78, 5) is 101. The Morgan fingerprint density at radius 2 is 0.957 bits per heavy atom. The Labute approximate surface area is 405 Å². The van der Waals surface area contributed by atoms with E-state index in [-0.39, 0.29) is 88.9 Å². The molecule has 0 radical (unpaired) electrons. The van der Waals surface area contributed by atoms with Gasteiger partial charge in [-0.25, -0.2) is 4.79 Å². The normalized spacial score (nSPS) is 14.1. The third kappa shape index (κ3) is 17.0. The lowest BCUT2D eigenvalue weighted by Gasteiger charge is -2.29. The molecule has 0 aliphatic rings. The number of aliphatic imine (C=N–C) groups is 3. The van der Waals surface area contributed by atoms with Gasteiger partial charge in [-0.15, -0.1) is 0 Å². The Bertz CT molecular complexity index is 2490. The maximum Gasteiger partial charge on any atom is 0.326 e. The fourth-order valence-corrected chi connectivity index (χ4v) is 7.71. The molecule has 0 fully saturated rings. The van der Waals surface area contributed by atoms with Crippen molar-refractivity contribution >= 4 is 75.2 Å². The summed E-state index contributed by atoms with van der Waals surface area (Å²) in [5, 5.41) is 25.2. The molecule has 0 aliphatic heterocycles. The number of fused-ring (bicyclic) bond motifs is 2. The molecule has 2 aromatic heterocycles. The van der Waals surface area contributed by atoms with E-state index < -0.39 is 77.7 Å². The zero-order chi connectivity index (χ0) is 51.3. The van der Waals surface area contributed by atoms with E-state index in [1.165, 1.54) is 0 Å². The van der Waals surface area contributed by atoms with Crippen LogP contribution in [0, 0.1) is 5.92 Å². The van der Waals surface area contributed by atoms with Gasteiger partial charge in [-0.3, -0.25) is 38.9 Å². The number of carboxylic acid groups (broad SMARTS) is 1. The van der Waals surface area contributed by atoms with Crippen molar-refractivity contribution in [3.8, 4) is 0 Å². The fourth-order valence-electron chi connectivity index (χ4n) is 7.71. The molecule has 24 nitrogen and oxygen atoms in total. The molecule has 4 aromatic rings. The molecule has 0 saturated heterocycles. The predicted molar refractivity (Wildman–Crippen MR) is 268 cm³/mol. The zero-order valence-electron chi connectivity index (χ0n) is 39.6. The highest BCUT2D eigenvalue weighted by Crippen LogP contribution is 2.21. The molecular weight excluding hydrogens is 903 g/mol. The summed E-state index contributed by atoms with van der Waals surface area (Å²) < 4.78 is 0. The molecule has 2 aromatic carbocycles. The lowest BCUT2D eigenvalue weighted by molar-refractivity contribution is -0.142. The minimum atomic E-state index is -1.37. The number of nitrogens with zero attached hydrogens (tertiary/aromatic N) is 3. The smallest absolute Gasteiger partial charge is 0.326 e. The number of aliphatic carboxylic acids is 1. The van der Waals surface area contributed by atoms with Gasteiger partial charge in [0.25, 0.3) is 0 Å². The number of guanidine groups is 3. The van der Waals surface area contributed by atoms with Crippen LogP contribution in [0.25, 0.3) is 21.8 Å². The average molecular weight is 972 g/mol. The summed E-state index contributed by atoms with van der Waals surface area (Å²) in [6.45, 7) is 3.90. The lowest BCUT2D eigenvalue weighted by Crippen LogP contribution is -2.60. The SMILES string of the molecule is CC[C@H](C)[C@H](NC(=O)[C@@H](N)Cc1c[nH]c2ccccc12)C(=O)N[C@@H](Cc1c[nH]c2ccccc12)C(=O)N[C@@H](CCCN=C(N)N)C(=O)N[C@@H](CCCN=C(N)N)C(=O)N[C@@H](CCCN=C(N)N)C(=O)O. The number of H-pyrrole nitrogens is 2. The van der Waals surface area contributed by atoms with Crippen molar-refractivity contribution in [2.75, 3.05) is 19.6 Å². The van der Waals surface area contributed by atoms with Gasteiger partial charge < -0.3 is 81.8 Å². The molecule has 0 aliphatic carbocycles. The van der Waals surface area contributed by atoms with Crippen molar-refractivity contribution in [2.45, 2.75) is 108 Å². The number of aromatic nitrogens is 2. The van der Waals surface area contributed by atoms with E-state index >= 15 is 0 Å². The quantitative estimate of drug-likeness (QED) is 0.0167. The Hall–Kier alpha value is -7.89. The number of carboxylic acids is 1.